The van der Waals surface area contributed by atoms with Crippen molar-refractivity contribution >= 4 is 8.32 Å². The molecule has 1 rings (SSSR count). The van der Waals surface area contributed by atoms with Gasteiger partial charge in [-0.1, -0.05) is 26.8 Å². The summed E-state index contributed by atoms with van der Waals surface area (Å²) in [6.07, 6.45) is 0. The van der Waals surface area contributed by atoms with Crippen LogP contribution in [0.5, 0.6) is 5.88 Å². The van der Waals surface area contributed by atoms with Crippen LogP contribution in [0.3, 0.4) is 0 Å². The first kappa shape index (κ1) is 13.2. The Hall–Kier alpha value is -0.873. The van der Waals surface area contributed by atoms with E-state index in [2.05, 4.69) is 38.8 Å². The van der Waals surface area contributed by atoms with Gasteiger partial charge in [-0.3, -0.25) is 0 Å². The Labute approximate surface area is 98.6 Å². The molecular formula is C12H21NO2Si. The number of aliphatic hydroxyl groups excluding tert-OH is 1. The van der Waals surface area contributed by atoms with Crippen molar-refractivity contribution in [3.05, 3.63) is 23.9 Å². The Bertz CT molecular complexity index is 358. The van der Waals surface area contributed by atoms with Crippen LogP contribution in [0.4, 0.5) is 0 Å². The molecule has 0 saturated heterocycles. The highest BCUT2D eigenvalue weighted by Crippen LogP contribution is 2.36. The van der Waals surface area contributed by atoms with Gasteiger partial charge in [-0.25, -0.2) is 4.98 Å². The SMILES string of the molecule is CC(C)(C)[Si](C)(C)Oc1cccc(CO)n1. The lowest BCUT2D eigenvalue weighted by molar-refractivity contribution is 0.275. The third kappa shape index (κ3) is 3.06. The molecule has 16 heavy (non-hydrogen) atoms. The number of pyridine rings is 1. The molecule has 0 aromatic carbocycles. The summed E-state index contributed by atoms with van der Waals surface area (Å²) in [5.41, 5.74) is 0.649. The third-order valence-corrected chi connectivity index (χ3v) is 7.44. The van der Waals surface area contributed by atoms with Crippen LogP contribution in [-0.2, 0) is 6.61 Å². The van der Waals surface area contributed by atoms with E-state index in [9.17, 15) is 0 Å². The first-order chi connectivity index (χ1) is 7.26. The zero-order valence-electron chi connectivity index (χ0n) is 10.7. The van der Waals surface area contributed by atoms with Gasteiger partial charge in [0.1, 0.15) is 0 Å². The molecule has 0 radical (unpaired) electrons. The first-order valence-electron chi connectivity index (χ1n) is 5.52. The summed E-state index contributed by atoms with van der Waals surface area (Å²) >= 11 is 0. The molecule has 0 aliphatic heterocycles. The Morgan fingerprint density at radius 2 is 1.94 bits per heavy atom. The molecule has 0 bridgehead atoms. The molecule has 0 spiro atoms. The van der Waals surface area contributed by atoms with Crippen molar-refractivity contribution in [3.63, 3.8) is 0 Å². The molecule has 90 valence electrons. The van der Waals surface area contributed by atoms with Gasteiger partial charge in [-0.2, -0.15) is 0 Å². The number of nitrogens with zero attached hydrogens (tertiary/aromatic N) is 1. The molecule has 0 unspecified atom stereocenters. The number of hydrogen-bond acceptors (Lipinski definition) is 3. The van der Waals surface area contributed by atoms with Crippen LogP contribution in [0.25, 0.3) is 0 Å². The summed E-state index contributed by atoms with van der Waals surface area (Å²) in [6, 6.07) is 5.50. The van der Waals surface area contributed by atoms with E-state index in [0.29, 0.717) is 11.6 Å². The molecule has 1 aromatic heterocycles. The van der Waals surface area contributed by atoms with Gasteiger partial charge >= 0.3 is 0 Å². The van der Waals surface area contributed by atoms with Crippen molar-refractivity contribution in [3.8, 4) is 5.88 Å². The molecule has 1 heterocycles. The molecule has 0 aliphatic rings. The number of aromatic nitrogens is 1. The van der Waals surface area contributed by atoms with E-state index in [-0.39, 0.29) is 11.6 Å². The minimum Gasteiger partial charge on any atom is -0.531 e. The largest absolute Gasteiger partial charge is 0.531 e. The van der Waals surface area contributed by atoms with Crippen LogP contribution in [0, 0.1) is 0 Å². The summed E-state index contributed by atoms with van der Waals surface area (Å²) in [5.74, 6) is 0.623. The lowest BCUT2D eigenvalue weighted by Crippen LogP contribution is -2.44. The van der Waals surface area contributed by atoms with Gasteiger partial charge in [0, 0.05) is 0 Å². The molecule has 1 aromatic rings. The summed E-state index contributed by atoms with van der Waals surface area (Å²) in [7, 11) is -1.83. The van der Waals surface area contributed by atoms with Crippen molar-refractivity contribution in [1.29, 1.82) is 0 Å². The quantitative estimate of drug-likeness (QED) is 0.825. The van der Waals surface area contributed by atoms with Crippen LogP contribution in [-0.4, -0.2) is 18.4 Å². The zero-order chi connectivity index (χ0) is 12.4. The monoisotopic (exact) mass is 239 g/mol. The van der Waals surface area contributed by atoms with E-state index in [4.69, 9.17) is 9.53 Å². The van der Waals surface area contributed by atoms with Gasteiger partial charge in [0.15, 0.2) is 5.88 Å². The summed E-state index contributed by atoms with van der Waals surface area (Å²) < 4.78 is 6.03. The maximum absolute atomic E-state index is 9.01. The molecule has 0 amide bonds. The van der Waals surface area contributed by atoms with E-state index >= 15 is 0 Å². The Morgan fingerprint density at radius 1 is 1.31 bits per heavy atom. The minimum atomic E-state index is -1.83. The first-order valence-corrected chi connectivity index (χ1v) is 8.43. The molecule has 1 N–H and O–H groups in total. The van der Waals surface area contributed by atoms with Crippen LogP contribution >= 0.6 is 0 Å². The van der Waals surface area contributed by atoms with Crippen molar-refractivity contribution in [2.75, 3.05) is 0 Å². The maximum Gasteiger partial charge on any atom is 0.252 e. The van der Waals surface area contributed by atoms with E-state index < -0.39 is 8.32 Å². The fourth-order valence-corrected chi connectivity index (χ4v) is 1.96. The molecular weight excluding hydrogens is 218 g/mol. The number of hydrogen-bond donors (Lipinski definition) is 1. The lowest BCUT2D eigenvalue weighted by Gasteiger charge is -2.35. The van der Waals surface area contributed by atoms with Crippen LogP contribution < -0.4 is 4.43 Å². The van der Waals surface area contributed by atoms with Crippen molar-refractivity contribution in [2.45, 2.75) is 45.5 Å². The van der Waals surface area contributed by atoms with E-state index in [1.54, 1.807) is 6.07 Å². The molecule has 0 aliphatic carbocycles. The summed E-state index contributed by atoms with van der Waals surface area (Å²) in [6.45, 7) is 10.9. The predicted molar refractivity (Wildman–Crippen MR) is 68.0 cm³/mol. The van der Waals surface area contributed by atoms with Crippen molar-refractivity contribution in [1.82, 2.24) is 4.98 Å². The lowest BCUT2D eigenvalue weighted by atomic mass is 10.2. The second-order valence-corrected chi connectivity index (χ2v) is 10.2. The Balaban J connectivity index is 2.88. The predicted octanol–water partition coefficient (Wildman–Crippen LogP) is 2.96. The van der Waals surface area contributed by atoms with Gasteiger partial charge in [0.25, 0.3) is 8.32 Å². The smallest absolute Gasteiger partial charge is 0.252 e. The average molecular weight is 239 g/mol. The zero-order valence-corrected chi connectivity index (χ0v) is 11.7. The van der Waals surface area contributed by atoms with Gasteiger partial charge < -0.3 is 9.53 Å². The molecule has 3 nitrogen and oxygen atoms in total. The maximum atomic E-state index is 9.01. The topological polar surface area (TPSA) is 42.4 Å². The van der Waals surface area contributed by atoms with Gasteiger partial charge in [-0.05, 0) is 30.3 Å². The Morgan fingerprint density at radius 3 is 2.44 bits per heavy atom. The third-order valence-electron chi connectivity index (χ3n) is 3.11. The number of aliphatic hydroxyl groups is 1. The number of rotatable bonds is 3. The average Bonchev–Trinajstić information content (AvgIpc) is 2.15. The van der Waals surface area contributed by atoms with Gasteiger partial charge in [0.05, 0.1) is 12.3 Å². The van der Waals surface area contributed by atoms with Crippen LogP contribution in [0.1, 0.15) is 26.5 Å². The molecule has 0 atom stereocenters. The van der Waals surface area contributed by atoms with Crippen LogP contribution in [0.15, 0.2) is 18.2 Å². The molecule has 0 saturated carbocycles. The Kier molecular flexibility index (Phi) is 3.75. The van der Waals surface area contributed by atoms with Gasteiger partial charge in [-0.15, -0.1) is 0 Å². The highest BCUT2D eigenvalue weighted by molar-refractivity contribution is 6.74. The molecule has 0 fully saturated rings. The fourth-order valence-electron chi connectivity index (χ4n) is 1.02. The van der Waals surface area contributed by atoms with E-state index in [0.717, 1.165) is 0 Å². The summed E-state index contributed by atoms with van der Waals surface area (Å²) in [4.78, 5) is 4.25. The second kappa shape index (κ2) is 4.55. The molecule has 4 heteroatoms. The highest BCUT2D eigenvalue weighted by atomic mass is 28.4. The van der Waals surface area contributed by atoms with Gasteiger partial charge in [0.2, 0.25) is 0 Å². The fraction of sp³-hybridized carbons (Fsp3) is 0.583. The van der Waals surface area contributed by atoms with E-state index in [1.165, 1.54) is 0 Å². The minimum absolute atomic E-state index is 0.0469. The van der Waals surface area contributed by atoms with E-state index in [1.807, 2.05) is 12.1 Å². The highest BCUT2D eigenvalue weighted by Gasteiger charge is 2.39. The summed E-state index contributed by atoms with van der Waals surface area (Å²) in [5, 5.41) is 9.17. The second-order valence-electron chi connectivity index (χ2n) is 5.49. The van der Waals surface area contributed by atoms with Crippen LogP contribution in [0.2, 0.25) is 18.1 Å². The van der Waals surface area contributed by atoms with Crippen molar-refractivity contribution < 1.29 is 9.53 Å². The van der Waals surface area contributed by atoms with Crippen molar-refractivity contribution in [2.24, 2.45) is 0 Å². The normalized spacial score (nSPS) is 12.6. The standard InChI is InChI=1S/C12H21NO2Si/c1-12(2,3)16(4,5)15-11-8-6-7-10(9-14)13-11/h6-8,14H,9H2,1-5H3.